The predicted molar refractivity (Wildman–Crippen MR) is 59.0 cm³/mol. The molecular formula is C11H10N2O3. The summed E-state index contributed by atoms with van der Waals surface area (Å²) in [7, 11) is 0. The van der Waals surface area contributed by atoms with Gasteiger partial charge in [-0.1, -0.05) is 18.2 Å². The van der Waals surface area contributed by atoms with E-state index in [4.69, 9.17) is 5.11 Å². The van der Waals surface area contributed by atoms with Crippen molar-refractivity contribution in [3.63, 3.8) is 0 Å². The first-order valence-corrected chi connectivity index (χ1v) is 4.73. The van der Waals surface area contributed by atoms with Gasteiger partial charge in [-0.3, -0.25) is 9.78 Å². The molecule has 5 heteroatoms. The zero-order chi connectivity index (χ0) is 11.5. The summed E-state index contributed by atoms with van der Waals surface area (Å²) in [6.07, 6.45) is 1.36. The number of rotatable bonds is 2. The first-order valence-electron chi connectivity index (χ1n) is 4.73. The monoisotopic (exact) mass is 218 g/mol. The third-order valence-corrected chi connectivity index (χ3v) is 2.24. The highest BCUT2D eigenvalue weighted by Gasteiger charge is 2.03. The Kier molecular flexibility index (Phi) is 2.70. The van der Waals surface area contributed by atoms with Gasteiger partial charge in [0.25, 0.3) is 5.56 Å². The summed E-state index contributed by atoms with van der Waals surface area (Å²) >= 11 is 0. The van der Waals surface area contributed by atoms with Crippen LogP contribution in [-0.4, -0.2) is 15.1 Å². The van der Waals surface area contributed by atoms with Gasteiger partial charge in [-0.2, -0.15) is 0 Å². The summed E-state index contributed by atoms with van der Waals surface area (Å²) < 4.78 is 0. The van der Waals surface area contributed by atoms with Crippen LogP contribution in [0.25, 0.3) is 11.1 Å². The molecular weight excluding hydrogens is 208 g/mol. The average Bonchev–Trinajstić information content (AvgIpc) is 2.29. The molecule has 0 bridgehead atoms. The molecule has 0 amide bonds. The molecule has 0 fully saturated rings. The van der Waals surface area contributed by atoms with Gasteiger partial charge in [-0.25, -0.2) is 4.79 Å². The summed E-state index contributed by atoms with van der Waals surface area (Å²) in [6.45, 7) is -0.0882. The molecule has 0 spiro atoms. The van der Waals surface area contributed by atoms with E-state index in [1.54, 1.807) is 24.3 Å². The Hall–Kier alpha value is -2.14. The van der Waals surface area contributed by atoms with Gasteiger partial charge in [-0.05, 0) is 17.2 Å². The molecule has 0 saturated heterocycles. The minimum absolute atomic E-state index is 0.0882. The van der Waals surface area contributed by atoms with Crippen molar-refractivity contribution in [2.75, 3.05) is 0 Å². The number of aliphatic hydroxyl groups excluding tert-OH is 1. The first-order chi connectivity index (χ1) is 7.70. The molecule has 1 heterocycles. The third kappa shape index (κ3) is 1.94. The van der Waals surface area contributed by atoms with Crippen LogP contribution in [0.3, 0.4) is 0 Å². The second kappa shape index (κ2) is 4.16. The van der Waals surface area contributed by atoms with Gasteiger partial charge in [0.05, 0.1) is 12.2 Å². The molecule has 16 heavy (non-hydrogen) atoms. The van der Waals surface area contributed by atoms with Crippen molar-refractivity contribution in [1.29, 1.82) is 0 Å². The molecule has 2 rings (SSSR count). The van der Waals surface area contributed by atoms with Crippen molar-refractivity contribution >= 4 is 0 Å². The SMILES string of the molecule is O=c1[nH]cc(-c2cccc(CO)c2)c(=O)[nH]1. The number of hydrogen-bond donors (Lipinski definition) is 3. The maximum absolute atomic E-state index is 11.5. The molecule has 1 aromatic carbocycles. The van der Waals surface area contributed by atoms with Crippen molar-refractivity contribution in [1.82, 2.24) is 9.97 Å². The van der Waals surface area contributed by atoms with Crippen LogP contribution in [-0.2, 0) is 6.61 Å². The van der Waals surface area contributed by atoms with Crippen LogP contribution in [0.1, 0.15) is 5.56 Å². The molecule has 3 N–H and O–H groups in total. The predicted octanol–water partition coefficient (Wildman–Crippen LogP) is 0.222. The first kappa shape index (κ1) is 10.4. The van der Waals surface area contributed by atoms with Gasteiger partial charge in [0.2, 0.25) is 0 Å². The van der Waals surface area contributed by atoms with Crippen molar-refractivity contribution in [3.05, 3.63) is 56.9 Å². The van der Waals surface area contributed by atoms with Gasteiger partial charge >= 0.3 is 5.69 Å². The van der Waals surface area contributed by atoms with E-state index < -0.39 is 11.2 Å². The topological polar surface area (TPSA) is 85.9 Å². The lowest BCUT2D eigenvalue weighted by Crippen LogP contribution is -2.22. The van der Waals surface area contributed by atoms with Crippen LogP contribution in [0.5, 0.6) is 0 Å². The molecule has 0 aliphatic rings. The molecule has 82 valence electrons. The lowest BCUT2D eigenvalue weighted by molar-refractivity contribution is 0.282. The van der Waals surface area contributed by atoms with E-state index in [2.05, 4.69) is 9.97 Å². The number of H-pyrrole nitrogens is 2. The van der Waals surface area contributed by atoms with E-state index in [1.807, 2.05) is 0 Å². The Morgan fingerprint density at radius 2 is 2.06 bits per heavy atom. The summed E-state index contributed by atoms with van der Waals surface area (Å²) in [5.74, 6) is 0. The maximum Gasteiger partial charge on any atom is 0.325 e. The zero-order valence-corrected chi connectivity index (χ0v) is 8.36. The van der Waals surface area contributed by atoms with E-state index in [0.717, 1.165) is 0 Å². The number of nitrogens with one attached hydrogen (secondary N) is 2. The van der Waals surface area contributed by atoms with Crippen LogP contribution in [0, 0.1) is 0 Å². The normalized spacial score (nSPS) is 10.3. The average molecular weight is 218 g/mol. The van der Waals surface area contributed by atoms with Crippen molar-refractivity contribution in [2.24, 2.45) is 0 Å². The second-order valence-corrected chi connectivity index (χ2v) is 3.34. The van der Waals surface area contributed by atoms with E-state index in [9.17, 15) is 9.59 Å². The lowest BCUT2D eigenvalue weighted by Gasteiger charge is -2.01. The minimum atomic E-state index is -0.535. The number of aromatic amines is 2. The summed E-state index contributed by atoms with van der Waals surface area (Å²) in [5, 5.41) is 8.98. The molecule has 0 unspecified atom stereocenters. The molecule has 0 aliphatic carbocycles. The second-order valence-electron chi connectivity index (χ2n) is 3.34. The van der Waals surface area contributed by atoms with Crippen molar-refractivity contribution < 1.29 is 5.11 Å². The zero-order valence-electron chi connectivity index (χ0n) is 8.36. The fourth-order valence-electron chi connectivity index (χ4n) is 1.46. The smallest absolute Gasteiger partial charge is 0.325 e. The van der Waals surface area contributed by atoms with Crippen molar-refractivity contribution in [3.8, 4) is 11.1 Å². The highest BCUT2D eigenvalue weighted by molar-refractivity contribution is 5.61. The van der Waals surface area contributed by atoms with Crippen molar-refractivity contribution in [2.45, 2.75) is 6.61 Å². The standard InChI is InChI=1S/C11H10N2O3/c14-6-7-2-1-3-8(4-7)9-5-12-11(16)13-10(9)15/h1-5,14H,6H2,(H2,12,13,15,16). The lowest BCUT2D eigenvalue weighted by atomic mass is 10.1. The number of aromatic nitrogens is 2. The van der Waals surface area contributed by atoms with E-state index in [1.165, 1.54) is 6.20 Å². The largest absolute Gasteiger partial charge is 0.392 e. The minimum Gasteiger partial charge on any atom is -0.392 e. The Morgan fingerprint density at radius 1 is 1.25 bits per heavy atom. The Labute approximate surface area is 90.4 Å². The Bertz CT molecular complexity index is 613. The molecule has 0 atom stereocenters. The van der Waals surface area contributed by atoms with Gasteiger partial charge in [0.15, 0.2) is 0 Å². The van der Waals surface area contributed by atoms with Gasteiger partial charge in [-0.15, -0.1) is 0 Å². The molecule has 1 aromatic heterocycles. The summed E-state index contributed by atoms with van der Waals surface area (Å²) in [6, 6.07) is 6.93. The fourth-order valence-corrected chi connectivity index (χ4v) is 1.46. The van der Waals surface area contributed by atoms with Gasteiger partial charge in [0, 0.05) is 6.20 Å². The summed E-state index contributed by atoms with van der Waals surface area (Å²) in [4.78, 5) is 26.9. The van der Waals surface area contributed by atoms with Crippen LogP contribution in [0.4, 0.5) is 0 Å². The highest BCUT2D eigenvalue weighted by atomic mass is 16.3. The van der Waals surface area contributed by atoms with Gasteiger partial charge < -0.3 is 10.1 Å². The number of hydrogen-bond acceptors (Lipinski definition) is 3. The maximum atomic E-state index is 11.5. The molecule has 0 aliphatic heterocycles. The number of benzene rings is 1. The van der Waals surface area contributed by atoms with Crippen LogP contribution in [0.15, 0.2) is 40.1 Å². The molecule has 2 aromatic rings. The summed E-state index contributed by atoms with van der Waals surface area (Å²) in [5.41, 5.74) is 0.757. The van der Waals surface area contributed by atoms with Crippen LogP contribution < -0.4 is 11.2 Å². The van der Waals surface area contributed by atoms with E-state index in [0.29, 0.717) is 16.7 Å². The quantitative estimate of drug-likeness (QED) is 0.674. The van der Waals surface area contributed by atoms with Crippen LogP contribution >= 0.6 is 0 Å². The fraction of sp³-hybridized carbons (Fsp3) is 0.0909. The Balaban J connectivity index is 2.58. The van der Waals surface area contributed by atoms with E-state index >= 15 is 0 Å². The van der Waals surface area contributed by atoms with Gasteiger partial charge in [0.1, 0.15) is 0 Å². The third-order valence-electron chi connectivity index (χ3n) is 2.24. The highest BCUT2D eigenvalue weighted by Crippen LogP contribution is 2.15. The molecule has 0 saturated carbocycles. The van der Waals surface area contributed by atoms with Crippen LogP contribution in [0.2, 0.25) is 0 Å². The van der Waals surface area contributed by atoms with E-state index in [-0.39, 0.29) is 6.61 Å². The Morgan fingerprint density at radius 3 is 2.75 bits per heavy atom. The molecule has 5 nitrogen and oxygen atoms in total. The number of aliphatic hydroxyl groups is 1. The molecule has 0 radical (unpaired) electrons.